The molecule has 0 bridgehead atoms. The van der Waals surface area contributed by atoms with E-state index in [1.165, 1.54) is 11.8 Å². The Hall–Kier alpha value is -1.03. The van der Waals surface area contributed by atoms with Crippen LogP contribution in [-0.2, 0) is 9.84 Å². The van der Waals surface area contributed by atoms with Crippen LogP contribution in [0.4, 0.5) is 5.69 Å². The van der Waals surface area contributed by atoms with Crippen molar-refractivity contribution in [2.75, 3.05) is 23.9 Å². The number of sulfone groups is 1. The average Bonchev–Trinajstić information content (AvgIpc) is 2.23. The van der Waals surface area contributed by atoms with Crippen LogP contribution < -0.4 is 5.32 Å². The van der Waals surface area contributed by atoms with Crippen LogP contribution in [0, 0.1) is 0 Å². The topological polar surface area (TPSA) is 46.2 Å². The first kappa shape index (κ1) is 14.0. The van der Waals surface area contributed by atoms with E-state index in [0.29, 0.717) is 18.9 Å². The van der Waals surface area contributed by atoms with E-state index in [2.05, 4.69) is 25.2 Å². The summed E-state index contributed by atoms with van der Waals surface area (Å²) >= 11 is 0. The highest BCUT2D eigenvalue weighted by atomic mass is 32.2. The average molecular weight is 255 g/mol. The van der Waals surface area contributed by atoms with Gasteiger partial charge in [-0.05, 0) is 24.0 Å². The Morgan fingerprint density at radius 3 is 2.47 bits per heavy atom. The van der Waals surface area contributed by atoms with Gasteiger partial charge in [-0.3, -0.25) is 0 Å². The van der Waals surface area contributed by atoms with Gasteiger partial charge in [0.15, 0.2) is 0 Å². The van der Waals surface area contributed by atoms with Crippen molar-refractivity contribution in [2.45, 2.75) is 26.2 Å². The number of para-hydroxylation sites is 1. The molecule has 0 aliphatic heterocycles. The van der Waals surface area contributed by atoms with Crippen molar-refractivity contribution in [2.24, 2.45) is 0 Å². The zero-order chi connectivity index (χ0) is 12.9. The zero-order valence-electron chi connectivity index (χ0n) is 10.7. The summed E-state index contributed by atoms with van der Waals surface area (Å²) in [7, 11) is -2.85. The van der Waals surface area contributed by atoms with E-state index in [1.807, 2.05) is 18.2 Å². The van der Waals surface area contributed by atoms with Gasteiger partial charge in [0.2, 0.25) is 0 Å². The Bertz CT molecular complexity index is 452. The fourth-order valence-electron chi connectivity index (χ4n) is 1.72. The summed E-state index contributed by atoms with van der Waals surface area (Å²) < 4.78 is 22.0. The van der Waals surface area contributed by atoms with E-state index in [1.54, 1.807) is 0 Å². The lowest BCUT2D eigenvalue weighted by Crippen LogP contribution is -2.10. The number of hydrogen-bond donors (Lipinski definition) is 1. The minimum atomic E-state index is -2.85. The van der Waals surface area contributed by atoms with E-state index in [0.717, 1.165) is 5.69 Å². The van der Waals surface area contributed by atoms with Crippen LogP contribution in [-0.4, -0.2) is 27.0 Å². The highest BCUT2D eigenvalue weighted by Gasteiger charge is 2.05. The van der Waals surface area contributed by atoms with Crippen molar-refractivity contribution in [3.05, 3.63) is 29.8 Å². The molecule has 0 saturated carbocycles. The van der Waals surface area contributed by atoms with Gasteiger partial charge >= 0.3 is 0 Å². The molecule has 0 heterocycles. The molecule has 0 aliphatic rings. The first-order valence-electron chi connectivity index (χ1n) is 5.90. The first-order chi connectivity index (χ1) is 7.90. The molecule has 96 valence electrons. The second-order valence-electron chi connectivity index (χ2n) is 4.65. The smallest absolute Gasteiger partial charge is 0.147 e. The van der Waals surface area contributed by atoms with Crippen LogP contribution in [0.1, 0.15) is 31.7 Å². The molecule has 0 amide bonds. The van der Waals surface area contributed by atoms with Crippen LogP contribution in [0.25, 0.3) is 0 Å². The maximum absolute atomic E-state index is 11.0. The fourth-order valence-corrected chi connectivity index (χ4v) is 2.39. The maximum atomic E-state index is 11.0. The molecule has 3 nitrogen and oxygen atoms in total. The minimum absolute atomic E-state index is 0.240. The predicted molar refractivity (Wildman–Crippen MR) is 73.3 cm³/mol. The molecule has 1 aromatic rings. The second-order valence-corrected chi connectivity index (χ2v) is 6.91. The standard InChI is InChI=1S/C13H21NO2S/c1-11(2)12-7-4-5-8-13(12)14-9-6-10-17(3,15)16/h4-5,7-8,11,14H,6,9-10H2,1-3H3. The Morgan fingerprint density at radius 2 is 1.88 bits per heavy atom. The van der Waals surface area contributed by atoms with Crippen LogP contribution in [0.5, 0.6) is 0 Å². The Balaban J connectivity index is 2.52. The van der Waals surface area contributed by atoms with Crippen molar-refractivity contribution in [3.63, 3.8) is 0 Å². The molecule has 1 aromatic carbocycles. The van der Waals surface area contributed by atoms with Gasteiger partial charge in [-0.2, -0.15) is 0 Å². The summed E-state index contributed by atoms with van der Waals surface area (Å²) in [5, 5.41) is 3.30. The molecule has 1 rings (SSSR count). The molecule has 0 fully saturated rings. The molecule has 1 N–H and O–H groups in total. The summed E-state index contributed by atoms with van der Waals surface area (Å²) in [5.41, 5.74) is 2.38. The number of anilines is 1. The van der Waals surface area contributed by atoms with Crippen molar-refractivity contribution in [1.29, 1.82) is 0 Å². The Labute approximate surface area is 104 Å². The molecule has 0 aromatic heterocycles. The molecule has 0 radical (unpaired) electrons. The summed E-state index contributed by atoms with van der Waals surface area (Å²) in [6, 6.07) is 8.15. The first-order valence-corrected chi connectivity index (χ1v) is 7.97. The number of benzene rings is 1. The zero-order valence-corrected chi connectivity index (χ0v) is 11.5. The molecule has 4 heteroatoms. The monoisotopic (exact) mass is 255 g/mol. The fraction of sp³-hybridized carbons (Fsp3) is 0.538. The van der Waals surface area contributed by atoms with E-state index in [-0.39, 0.29) is 5.75 Å². The van der Waals surface area contributed by atoms with Gasteiger partial charge in [0.05, 0.1) is 5.75 Å². The third-order valence-electron chi connectivity index (χ3n) is 2.59. The SMILES string of the molecule is CC(C)c1ccccc1NCCCS(C)(=O)=O. The van der Waals surface area contributed by atoms with E-state index < -0.39 is 9.84 Å². The van der Waals surface area contributed by atoms with Crippen LogP contribution in [0.15, 0.2) is 24.3 Å². The van der Waals surface area contributed by atoms with Crippen LogP contribution in [0.2, 0.25) is 0 Å². The minimum Gasteiger partial charge on any atom is -0.385 e. The van der Waals surface area contributed by atoms with Gasteiger partial charge < -0.3 is 5.32 Å². The largest absolute Gasteiger partial charge is 0.385 e. The highest BCUT2D eigenvalue weighted by Crippen LogP contribution is 2.23. The number of hydrogen-bond acceptors (Lipinski definition) is 3. The number of rotatable bonds is 6. The van der Waals surface area contributed by atoms with Crippen LogP contribution >= 0.6 is 0 Å². The molecule has 0 aliphatic carbocycles. The lowest BCUT2D eigenvalue weighted by molar-refractivity contribution is 0.600. The molecule has 0 unspecified atom stereocenters. The van der Waals surface area contributed by atoms with Crippen molar-refractivity contribution in [1.82, 2.24) is 0 Å². The summed E-state index contributed by atoms with van der Waals surface area (Å²) in [6.45, 7) is 4.99. The second kappa shape index (κ2) is 6.05. The third-order valence-corrected chi connectivity index (χ3v) is 3.62. The van der Waals surface area contributed by atoms with Gasteiger partial charge in [0.25, 0.3) is 0 Å². The van der Waals surface area contributed by atoms with Crippen molar-refractivity contribution in [3.8, 4) is 0 Å². The summed E-state index contributed by atoms with van der Waals surface area (Å²) in [4.78, 5) is 0. The summed E-state index contributed by atoms with van der Waals surface area (Å²) in [5.74, 6) is 0.706. The normalized spacial score (nSPS) is 11.8. The van der Waals surface area contributed by atoms with E-state index in [4.69, 9.17) is 0 Å². The highest BCUT2D eigenvalue weighted by molar-refractivity contribution is 7.90. The van der Waals surface area contributed by atoms with Gasteiger partial charge in [0, 0.05) is 18.5 Å². The van der Waals surface area contributed by atoms with Gasteiger partial charge in [0.1, 0.15) is 9.84 Å². The maximum Gasteiger partial charge on any atom is 0.147 e. The summed E-state index contributed by atoms with van der Waals surface area (Å²) in [6.07, 6.45) is 1.92. The van der Waals surface area contributed by atoms with Gasteiger partial charge in [-0.1, -0.05) is 32.0 Å². The van der Waals surface area contributed by atoms with Crippen molar-refractivity contribution < 1.29 is 8.42 Å². The molecule has 17 heavy (non-hydrogen) atoms. The van der Waals surface area contributed by atoms with E-state index in [9.17, 15) is 8.42 Å². The van der Waals surface area contributed by atoms with Crippen LogP contribution in [0.3, 0.4) is 0 Å². The van der Waals surface area contributed by atoms with Gasteiger partial charge in [-0.15, -0.1) is 0 Å². The molecular weight excluding hydrogens is 234 g/mol. The van der Waals surface area contributed by atoms with Crippen molar-refractivity contribution >= 4 is 15.5 Å². The Kier molecular flexibility index (Phi) is 5.00. The third kappa shape index (κ3) is 5.22. The number of nitrogens with one attached hydrogen (secondary N) is 1. The molecule has 0 atom stereocenters. The lowest BCUT2D eigenvalue weighted by atomic mass is 10.0. The predicted octanol–water partition coefficient (Wildman–Crippen LogP) is 2.66. The molecular formula is C13H21NO2S. The lowest BCUT2D eigenvalue weighted by Gasteiger charge is -2.14. The molecule has 0 saturated heterocycles. The van der Waals surface area contributed by atoms with E-state index >= 15 is 0 Å². The Morgan fingerprint density at radius 1 is 1.24 bits per heavy atom. The quantitative estimate of drug-likeness (QED) is 0.795. The van der Waals surface area contributed by atoms with Gasteiger partial charge in [-0.25, -0.2) is 8.42 Å². The molecule has 0 spiro atoms.